The lowest BCUT2D eigenvalue weighted by Crippen LogP contribution is -2.36. The quantitative estimate of drug-likeness (QED) is 0.260. The van der Waals surface area contributed by atoms with Gasteiger partial charge in [0.2, 0.25) is 5.91 Å². The van der Waals surface area contributed by atoms with Gasteiger partial charge < -0.3 is 20.1 Å². The molecule has 4 rings (SSSR count). The van der Waals surface area contributed by atoms with Gasteiger partial charge in [-0.25, -0.2) is 4.79 Å². The number of ether oxygens (including phenoxy) is 2. The number of thioether (sulfide) groups is 1. The van der Waals surface area contributed by atoms with Crippen molar-refractivity contribution in [2.45, 2.75) is 13.8 Å². The average Bonchev–Trinajstić information content (AvgIpc) is 3.21. The second kappa shape index (κ2) is 13.4. The zero-order valence-electron chi connectivity index (χ0n) is 22.3. The molecule has 0 atom stereocenters. The molecule has 0 unspecified atom stereocenters. The Morgan fingerprint density at radius 2 is 1.46 bits per heavy atom. The molecule has 3 aromatic rings. The van der Waals surface area contributed by atoms with E-state index >= 15 is 0 Å². The largest absolute Gasteiger partial charge is 0.494 e. The number of amides is 4. The summed E-state index contributed by atoms with van der Waals surface area (Å²) in [6.07, 6.45) is 1.50. The number of benzene rings is 3. The maximum Gasteiger partial charge on any atom is 0.338 e. The van der Waals surface area contributed by atoms with Gasteiger partial charge in [0.25, 0.3) is 17.1 Å². The highest BCUT2D eigenvalue weighted by molar-refractivity contribution is 8.18. The highest BCUT2D eigenvalue weighted by Crippen LogP contribution is 2.32. The number of nitrogens with one attached hydrogen (secondary N) is 2. The second-order valence-corrected chi connectivity index (χ2v) is 9.88. The molecular formula is C30H27N3O7S. The van der Waals surface area contributed by atoms with Gasteiger partial charge in [0, 0.05) is 11.4 Å². The third-order valence-electron chi connectivity index (χ3n) is 5.74. The van der Waals surface area contributed by atoms with Crippen LogP contribution in [0.5, 0.6) is 5.75 Å². The van der Waals surface area contributed by atoms with E-state index in [4.69, 9.17) is 9.47 Å². The van der Waals surface area contributed by atoms with E-state index in [1.54, 1.807) is 48.5 Å². The van der Waals surface area contributed by atoms with Crippen LogP contribution in [-0.4, -0.2) is 53.6 Å². The Balaban J connectivity index is 1.29. The monoisotopic (exact) mass is 573 g/mol. The van der Waals surface area contributed by atoms with Gasteiger partial charge in [-0.2, -0.15) is 0 Å². The summed E-state index contributed by atoms with van der Waals surface area (Å²) in [5, 5.41) is 4.74. The third kappa shape index (κ3) is 8.05. The molecule has 1 aliphatic heterocycles. The summed E-state index contributed by atoms with van der Waals surface area (Å²) in [5.41, 5.74) is 2.93. The zero-order valence-corrected chi connectivity index (χ0v) is 23.2. The van der Waals surface area contributed by atoms with Gasteiger partial charge in [0.05, 0.1) is 17.1 Å². The first-order valence-corrected chi connectivity index (χ1v) is 13.5. The molecule has 11 heteroatoms. The Labute approximate surface area is 240 Å². The summed E-state index contributed by atoms with van der Waals surface area (Å²) in [6.45, 7) is 3.43. The molecule has 0 radical (unpaired) electrons. The Kier molecular flexibility index (Phi) is 9.54. The van der Waals surface area contributed by atoms with Gasteiger partial charge in [0.1, 0.15) is 12.3 Å². The number of imide groups is 1. The van der Waals surface area contributed by atoms with E-state index in [1.807, 2.05) is 26.0 Å². The van der Waals surface area contributed by atoms with Crippen LogP contribution in [0.1, 0.15) is 28.4 Å². The highest BCUT2D eigenvalue weighted by atomic mass is 32.2. The van der Waals surface area contributed by atoms with Gasteiger partial charge in [-0.05, 0) is 85.8 Å². The van der Waals surface area contributed by atoms with Crippen LogP contribution in [0.3, 0.4) is 0 Å². The summed E-state index contributed by atoms with van der Waals surface area (Å²) in [6, 6.07) is 20.1. The lowest BCUT2D eigenvalue weighted by molar-refractivity contribution is -0.127. The Morgan fingerprint density at radius 3 is 2.10 bits per heavy atom. The number of rotatable bonds is 10. The fourth-order valence-corrected chi connectivity index (χ4v) is 4.54. The molecule has 2 N–H and O–H groups in total. The fourth-order valence-electron chi connectivity index (χ4n) is 3.70. The molecule has 0 spiro atoms. The normalized spacial score (nSPS) is 13.7. The number of anilines is 2. The lowest BCUT2D eigenvalue weighted by atomic mass is 10.1. The van der Waals surface area contributed by atoms with Crippen LogP contribution in [-0.2, 0) is 19.1 Å². The Bertz CT molecular complexity index is 1480. The van der Waals surface area contributed by atoms with E-state index in [2.05, 4.69) is 10.6 Å². The van der Waals surface area contributed by atoms with E-state index in [0.717, 1.165) is 22.2 Å². The third-order valence-corrected chi connectivity index (χ3v) is 6.65. The van der Waals surface area contributed by atoms with Crippen molar-refractivity contribution in [3.05, 3.63) is 94.4 Å². The minimum absolute atomic E-state index is 0.145. The first-order valence-electron chi connectivity index (χ1n) is 12.6. The summed E-state index contributed by atoms with van der Waals surface area (Å²) < 4.78 is 10.4. The molecule has 1 heterocycles. The number of hydrogen-bond donors (Lipinski definition) is 2. The van der Waals surface area contributed by atoms with Gasteiger partial charge in [0.15, 0.2) is 6.61 Å². The molecule has 3 aromatic carbocycles. The van der Waals surface area contributed by atoms with Gasteiger partial charge in [-0.3, -0.25) is 24.1 Å². The van der Waals surface area contributed by atoms with Crippen molar-refractivity contribution in [3.8, 4) is 5.75 Å². The minimum atomic E-state index is -0.686. The summed E-state index contributed by atoms with van der Waals surface area (Å²) in [7, 11) is 0. The number of hydrogen-bond acceptors (Lipinski definition) is 8. The van der Waals surface area contributed by atoms with Crippen LogP contribution in [0.2, 0.25) is 0 Å². The van der Waals surface area contributed by atoms with Crippen molar-refractivity contribution < 1.29 is 33.4 Å². The van der Waals surface area contributed by atoms with Crippen molar-refractivity contribution in [1.82, 2.24) is 4.90 Å². The number of carbonyl (C=O) groups is 5. The lowest BCUT2D eigenvalue weighted by Gasteiger charge is -2.12. The van der Waals surface area contributed by atoms with E-state index in [1.165, 1.54) is 18.2 Å². The van der Waals surface area contributed by atoms with Gasteiger partial charge >= 0.3 is 5.97 Å². The van der Waals surface area contributed by atoms with Crippen LogP contribution in [0.15, 0.2) is 77.7 Å². The molecular weight excluding hydrogens is 546 g/mol. The van der Waals surface area contributed by atoms with E-state index in [0.29, 0.717) is 29.3 Å². The predicted octanol–water partition coefficient (Wildman–Crippen LogP) is 4.86. The maximum atomic E-state index is 12.8. The zero-order chi connectivity index (χ0) is 29.4. The van der Waals surface area contributed by atoms with Crippen LogP contribution < -0.4 is 15.4 Å². The summed E-state index contributed by atoms with van der Waals surface area (Å²) >= 11 is 0.721. The van der Waals surface area contributed by atoms with Crippen molar-refractivity contribution in [2.75, 3.05) is 30.4 Å². The first kappa shape index (κ1) is 29.1. The molecule has 41 heavy (non-hydrogen) atoms. The molecule has 1 fully saturated rings. The number of carbonyl (C=O) groups excluding carboxylic acids is 5. The molecule has 0 saturated carbocycles. The molecule has 0 aliphatic carbocycles. The Hall–Kier alpha value is -4.90. The molecule has 1 saturated heterocycles. The number of aryl methyl sites for hydroxylation is 1. The first-order chi connectivity index (χ1) is 19.7. The molecule has 1 aliphatic rings. The Morgan fingerprint density at radius 1 is 0.854 bits per heavy atom. The van der Waals surface area contributed by atoms with Crippen molar-refractivity contribution >= 4 is 58.1 Å². The minimum Gasteiger partial charge on any atom is -0.494 e. The van der Waals surface area contributed by atoms with Crippen LogP contribution in [0.4, 0.5) is 16.2 Å². The smallest absolute Gasteiger partial charge is 0.338 e. The molecule has 0 aromatic heterocycles. The van der Waals surface area contributed by atoms with Crippen LogP contribution in [0.25, 0.3) is 6.08 Å². The van der Waals surface area contributed by atoms with Gasteiger partial charge in [-0.15, -0.1) is 0 Å². The van der Waals surface area contributed by atoms with Crippen molar-refractivity contribution in [3.63, 3.8) is 0 Å². The molecule has 210 valence electrons. The topological polar surface area (TPSA) is 131 Å². The summed E-state index contributed by atoms with van der Waals surface area (Å²) in [5.74, 6) is -1.61. The maximum absolute atomic E-state index is 12.8. The van der Waals surface area contributed by atoms with Crippen LogP contribution in [0, 0.1) is 6.92 Å². The van der Waals surface area contributed by atoms with E-state index in [-0.39, 0.29) is 10.5 Å². The van der Waals surface area contributed by atoms with E-state index < -0.39 is 42.1 Å². The van der Waals surface area contributed by atoms with Crippen molar-refractivity contribution in [2.24, 2.45) is 0 Å². The standard InChI is InChI=1S/C30H27N3O7S/c1-3-39-24-14-12-23(13-15-24)31-26(34)17-33-28(36)25(41-30(33)38)16-20-6-8-21(9-7-20)29(37)40-18-27(35)32-22-10-4-19(2)5-11-22/h4-16H,3,17-18H2,1-2H3,(H,31,34)(H,32,35)/b25-16-. The summed E-state index contributed by atoms with van der Waals surface area (Å²) in [4.78, 5) is 63.1. The highest BCUT2D eigenvalue weighted by Gasteiger charge is 2.36. The van der Waals surface area contributed by atoms with Crippen LogP contribution >= 0.6 is 11.8 Å². The second-order valence-electron chi connectivity index (χ2n) is 8.89. The molecule has 0 bridgehead atoms. The fraction of sp³-hybridized carbons (Fsp3) is 0.167. The number of esters is 1. The SMILES string of the molecule is CCOc1ccc(NC(=O)CN2C(=O)S/C(=C\c3ccc(C(=O)OCC(=O)Nc4ccc(C)cc4)cc3)C2=O)cc1. The van der Waals surface area contributed by atoms with Crippen molar-refractivity contribution in [1.29, 1.82) is 0 Å². The molecule has 10 nitrogen and oxygen atoms in total. The van der Waals surface area contributed by atoms with E-state index in [9.17, 15) is 24.0 Å². The predicted molar refractivity (Wildman–Crippen MR) is 155 cm³/mol. The van der Waals surface area contributed by atoms with Gasteiger partial charge in [-0.1, -0.05) is 29.8 Å². The average molecular weight is 574 g/mol. The molecule has 4 amide bonds. The number of nitrogens with zero attached hydrogens (tertiary/aromatic N) is 1.